The van der Waals surface area contributed by atoms with Crippen molar-refractivity contribution >= 4 is 43.9 Å². The Kier molecular flexibility index (Phi) is 7.47. The molecule has 2 saturated carbocycles. The normalized spacial score (nSPS) is 24.2. The highest BCUT2D eigenvalue weighted by atomic mass is 32.2. The Balaban J connectivity index is 1.10. The number of benzene rings is 2. The topological polar surface area (TPSA) is 162 Å². The van der Waals surface area contributed by atoms with Crippen LogP contribution in [0.4, 0.5) is 0 Å². The van der Waals surface area contributed by atoms with Crippen molar-refractivity contribution in [2.75, 3.05) is 6.54 Å². The lowest BCUT2D eigenvalue weighted by atomic mass is 10.1. The van der Waals surface area contributed by atoms with E-state index in [1.54, 1.807) is 6.08 Å². The van der Waals surface area contributed by atoms with E-state index in [1.165, 1.54) is 0 Å². The number of hydrogen-bond acceptors (Lipinski definition) is 10. The molecule has 240 valence electrons. The van der Waals surface area contributed by atoms with Crippen LogP contribution in [-0.4, -0.2) is 65.8 Å². The summed E-state index contributed by atoms with van der Waals surface area (Å²) in [6.07, 6.45) is 2.76. The molecule has 2 aromatic heterocycles. The number of nitrogens with one attached hydrogen (secondary N) is 3. The molecule has 0 spiro atoms. The summed E-state index contributed by atoms with van der Waals surface area (Å²) in [5, 5.41) is 6.24. The zero-order valence-electron chi connectivity index (χ0n) is 25.5. The molecule has 0 radical (unpaired) electrons. The van der Waals surface area contributed by atoms with E-state index in [9.17, 15) is 18.0 Å². The number of nitrogens with zero attached hydrogens (tertiary/aromatic N) is 2. The smallest absolute Gasteiger partial charge is 0.262 e. The van der Waals surface area contributed by atoms with Gasteiger partial charge in [0, 0.05) is 29.8 Å². The molecule has 1 saturated heterocycles. The van der Waals surface area contributed by atoms with Gasteiger partial charge in [0.1, 0.15) is 28.5 Å². The fourth-order valence-electron chi connectivity index (χ4n) is 5.90. The maximum atomic E-state index is 13.4. The summed E-state index contributed by atoms with van der Waals surface area (Å²) in [6.45, 7) is 8.01. The average molecular weight is 646 g/mol. The Hall–Kier alpha value is -4.49. The van der Waals surface area contributed by atoms with Crippen LogP contribution in [0.5, 0.6) is 11.6 Å². The molecule has 2 unspecified atom stereocenters. The number of hydrogen-bond donors (Lipinski definition) is 3. The Bertz CT molecular complexity index is 1950. The SMILES string of the molecule is C=C[C@@H]1C[C@]1(NC(=O)C1CC(Oc2nc(-c3ccc(OC(C)C)cc3)nc3c2oc2ccccc23)CN1)C(=O)NS(=O)(=O)C1CC1. The van der Waals surface area contributed by atoms with Gasteiger partial charge in [0.2, 0.25) is 21.5 Å². The third-order valence-corrected chi connectivity index (χ3v) is 10.4. The van der Waals surface area contributed by atoms with E-state index in [2.05, 4.69) is 21.9 Å². The first-order valence-electron chi connectivity index (χ1n) is 15.4. The minimum absolute atomic E-state index is 0.0422. The van der Waals surface area contributed by atoms with Crippen molar-refractivity contribution in [3.8, 4) is 23.0 Å². The second-order valence-electron chi connectivity index (χ2n) is 12.4. The maximum Gasteiger partial charge on any atom is 0.262 e. The molecule has 4 aromatic rings. The van der Waals surface area contributed by atoms with Gasteiger partial charge in [-0.2, -0.15) is 4.98 Å². The van der Waals surface area contributed by atoms with E-state index in [0.29, 0.717) is 41.9 Å². The van der Waals surface area contributed by atoms with Crippen LogP contribution in [0.15, 0.2) is 65.6 Å². The molecule has 1 aliphatic heterocycles. The van der Waals surface area contributed by atoms with Gasteiger partial charge in [-0.15, -0.1) is 6.58 Å². The molecule has 2 aromatic carbocycles. The number of fused-ring (bicyclic) bond motifs is 3. The molecule has 2 amide bonds. The summed E-state index contributed by atoms with van der Waals surface area (Å²) >= 11 is 0. The number of carbonyl (C=O) groups excluding carboxylic acids is 2. The lowest BCUT2D eigenvalue weighted by molar-refractivity contribution is -0.130. The number of rotatable bonds is 11. The number of carbonyl (C=O) groups is 2. The van der Waals surface area contributed by atoms with Crippen LogP contribution in [0, 0.1) is 5.92 Å². The Morgan fingerprint density at radius 3 is 2.59 bits per heavy atom. The van der Waals surface area contributed by atoms with Gasteiger partial charge in [-0.1, -0.05) is 18.2 Å². The van der Waals surface area contributed by atoms with E-state index >= 15 is 0 Å². The Morgan fingerprint density at radius 2 is 1.89 bits per heavy atom. The third-order valence-electron chi connectivity index (χ3n) is 8.61. The largest absolute Gasteiger partial charge is 0.491 e. The highest BCUT2D eigenvalue weighted by molar-refractivity contribution is 7.91. The first-order valence-corrected chi connectivity index (χ1v) is 17.0. The minimum Gasteiger partial charge on any atom is -0.491 e. The van der Waals surface area contributed by atoms with Gasteiger partial charge in [0.15, 0.2) is 5.82 Å². The number of ether oxygens (including phenoxy) is 2. The van der Waals surface area contributed by atoms with Crippen LogP contribution in [0.25, 0.3) is 33.5 Å². The van der Waals surface area contributed by atoms with Gasteiger partial charge in [-0.3, -0.25) is 14.3 Å². The number of furan rings is 1. The second kappa shape index (κ2) is 11.4. The third kappa shape index (κ3) is 5.69. The molecular weight excluding hydrogens is 610 g/mol. The zero-order chi connectivity index (χ0) is 32.2. The number of amides is 2. The molecule has 46 heavy (non-hydrogen) atoms. The van der Waals surface area contributed by atoms with E-state index < -0.39 is 44.8 Å². The number of aromatic nitrogens is 2. The summed E-state index contributed by atoms with van der Waals surface area (Å²) in [7, 11) is -3.77. The fraction of sp³-hybridized carbons (Fsp3) is 0.394. The highest BCUT2D eigenvalue weighted by Crippen LogP contribution is 2.45. The summed E-state index contributed by atoms with van der Waals surface area (Å²) in [4.78, 5) is 36.0. The van der Waals surface area contributed by atoms with Crippen molar-refractivity contribution in [3.05, 3.63) is 61.2 Å². The van der Waals surface area contributed by atoms with Crippen LogP contribution < -0.4 is 24.8 Å². The summed E-state index contributed by atoms with van der Waals surface area (Å²) in [6, 6.07) is 14.4. The molecule has 3 N–H and O–H groups in total. The average Bonchev–Trinajstić information content (AvgIpc) is 3.92. The Labute approximate surface area is 266 Å². The minimum atomic E-state index is -3.77. The predicted molar refractivity (Wildman–Crippen MR) is 171 cm³/mol. The van der Waals surface area contributed by atoms with Gasteiger partial charge >= 0.3 is 0 Å². The maximum absolute atomic E-state index is 13.4. The lowest BCUT2D eigenvalue weighted by Crippen LogP contribution is -2.55. The van der Waals surface area contributed by atoms with E-state index in [4.69, 9.17) is 23.9 Å². The zero-order valence-corrected chi connectivity index (χ0v) is 26.3. The van der Waals surface area contributed by atoms with Crippen LogP contribution in [0.2, 0.25) is 0 Å². The lowest BCUT2D eigenvalue weighted by Gasteiger charge is -2.21. The molecule has 2 aliphatic carbocycles. The van der Waals surface area contributed by atoms with E-state index in [1.807, 2.05) is 62.4 Å². The predicted octanol–water partition coefficient (Wildman–Crippen LogP) is 3.61. The van der Waals surface area contributed by atoms with Gasteiger partial charge in [0.05, 0.1) is 17.4 Å². The summed E-state index contributed by atoms with van der Waals surface area (Å²) in [5.74, 6) is -0.0827. The molecule has 0 bridgehead atoms. The fourth-order valence-corrected chi connectivity index (χ4v) is 7.27. The summed E-state index contributed by atoms with van der Waals surface area (Å²) in [5.41, 5.74) is 1.07. The van der Waals surface area contributed by atoms with Gasteiger partial charge in [-0.05, 0) is 69.5 Å². The monoisotopic (exact) mass is 645 g/mol. The molecule has 13 heteroatoms. The first kappa shape index (κ1) is 30.2. The first-order chi connectivity index (χ1) is 22.1. The van der Waals surface area contributed by atoms with E-state index in [-0.39, 0.29) is 30.7 Å². The van der Waals surface area contributed by atoms with Crippen molar-refractivity contribution in [2.45, 2.75) is 68.6 Å². The second-order valence-corrected chi connectivity index (χ2v) is 14.4. The molecule has 7 rings (SSSR count). The molecule has 12 nitrogen and oxygen atoms in total. The quantitative estimate of drug-likeness (QED) is 0.206. The number of para-hydroxylation sites is 1. The van der Waals surface area contributed by atoms with Gasteiger partial charge < -0.3 is 24.5 Å². The van der Waals surface area contributed by atoms with Crippen LogP contribution in [-0.2, 0) is 19.6 Å². The molecular formula is C33H35N5O7S. The van der Waals surface area contributed by atoms with Gasteiger partial charge in [-0.25, -0.2) is 13.4 Å². The van der Waals surface area contributed by atoms with Crippen molar-refractivity contribution in [1.29, 1.82) is 0 Å². The highest BCUT2D eigenvalue weighted by Gasteiger charge is 2.61. The molecule has 4 atom stereocenters. The van der Waals surface area contributed by atoms with Crippen LogP contribution in [0.3, 0.4) is 0 Å². The Morgan fingerprint density at radius 1 is 1.13 bits per heavy atom. The van der Waals surface area contributed by atoms with Gasteiger partial charge in [0.25, 0.3) is 11.8 Å². The van der Waals surface area contributed by atoms with Crippen molar-refractivity contribution in [2.24, 2.45) is 5.92 Å². The molecule has 3 aliphatic rings. The summed E-state index contributed by atoms with van der Waals surface area (Å²) < 4.78 is 45.3. The molecule has 3 fully saturated rings. The van der Waals surface area contributed by atoms with Crippen LogP contribution in [0.1, 0.15) is 39.5 Å². The van der Waals surface area contributed by atoms with E-state index in [0.717, 1.165) is 16.7 Å². The molecule has 3 heterocycles. The van der Waals surface area contributed by atoms with Crippen LogP contribution >= 0.6 is 0 Å². The van der Waals surface area contributed by atoms with Crippen molar-refractivity contribution in [1.82, 2.24) is 25.3 Å². The standard InChI is InChI=1S/C33H35N5O7S/c1-4-20-16-33(20,32(40)38-46(41,42)23-13-14-23)37-30(39)25-15-22(17-34-25)44-31-28-27(24-7-5-6-8-26(24)45-28)35-29(36-31)19-9-11-21(12-10-19)43-18(2)3/h4-12,18,20,22-23,25,34H,1,13-17H2,2-3H3,(H,37,39)(H,38,40)/t20-,22?,25?,33-/m1/s1. The number of sulfonamides is 1. The van der Waals surface area contributed by atoms with Crippen molar-refractivity contribution in [3.63, 3.8) is 0 Å². The van der Waals surface area contributed by atoms with Crippen molar-refractivity contribution < 1.29 is 31.9 Å².